The fourth-order valence-corrected chi connectivity index (χ4v) is 6.44. The number of hydrogen-bond acceptors (Lipinski definition) is 4. The number of halogens is 2. The Morgan fingerprint density at radius 2 is 1.76 bits per heavy atom. The Morgan fingerprint density at radius 1 is 1.06 bits per heavy atom. The molecule has 0 bridgehead atoms. The predicted molar refractivity (Wildman–Crippen MR) is 142 cm³/mol. The molecule has 34 heavy (non-hydrogen) atoms. The van der Waals surface area contributed by atoms with E-state index in [1.807, 2.05) is 49.4 Å². The summed E-state index contributed by atoms with van der Waals surface area (Å²) in [6.45, 7) is 6.31. The van der Waals surface area contributed by atoms with Gasteiger partial charge in [-0.25, -0.2) is 4.40 Å². The first-order chi connectivity index (χ1) is 16.3. The topological polar surface area (TPSA) is 49.7 Å². The molecule has 0 aromatic heterocycles. The molecule has 2 aromatic rings. The molecular weight excluding hydrogens is 487 g/mol. The number of nitrogens with zero attached hydrogens (tertiary/aromatic N) is 2. The molecule has 3 atom stereocenters. The van der Waals surface area contributed by atoms with Crippen LogP contribution in [0.2, 0.25) is 10.0 Å². The Balaban J connectivity index is 1.85. The zero-order chi connectivity index (χ0) is 24.5. The molecule has 4 nitrogen and oxygen atoms in total. The molecule has 0 unspecified atom stereocenters. The predicted octanol–water partition coefficient (Wildman–Crippen LogP) is 7.66. The lowest BCUT2D eigenvalue weighted by Gasteiger charge is -2.52. The summed E-state index contributed by atoms with van der Waals surface area (Å²) in [5.74, 6) is 0.167. The maximum atomic E-state index is 14.3. The highest BCUT2D eigenvalue weighted by Crippen LogP contribution is 2.53. The van der Waals surface area contributed by atoms with Crippen LogP contribution in [0.25, 0.3) is 0 Å². The van der Waals surface area contributed by atoms with Gasteiger partial charge in [-0.2, -0.15) is 0 Å². The second kappa shape index (κ2) is 10.4. The summed E-state index contributed by atoms with van der Waals surface area (Å²) in [5, 5.41) is 1.40. The van der Waals surface area contributed by atoms with Gasteiger partial charge in [-0.1, -0.05) is 68.2 Å². The van der Waals surface area contributed by atoms with Crippen LogP contribution in [0, 0.1) is 5.41 Å². The normalized spacial score (nSPS) is 25.2. The van der Waals surface area contributed by atoms with Crippen LogP contribution in [0.4, 0.5) is 0 Å². The van der Waals surface area contributed by atoms with Crippen molar-refractivity contribution < 1.29 is 9.59 Å². The third-order valence-electron chi connectivity index (χ3n) is 7.15. The summed E-state index contributed by atoms with van der Waals surface area (Å²) in [4.78, 5) is 28.3. The summed E-state index contributed by atoms with van der Waals surface area (Å²) >= 11 is 13.6. The van der Waals surface area contributed by atoms with Gasteiger partial charge in [-0.05, 0) is 54.7 Å². The maximum absolute atomic E-state index is 14.3. The van der Waals surface area contributed by atoms with Crippen molar-refractivity contribution in [3.05, 3.63) is 69.7 Å². The van der Waals surface area contributed by atoms with Crippen LogP contribution in [-0.4, -0.2) is 27.7 Å². The molecule has 2 aromatic carbocycles. The highest BCUT2D eigenvalue weighted by Gasteiger charge is 2.51. The van der Waals surface area contributed by atoms with Gasteiger partial charge >= 0.3 is 0 Å². The minimum atomic E-state index is -0.664. The third kappa shape index (κ3) is 5.07. The van der Waals surface area contributed by atoms with E-state index in [9.17, 15) is 9.59 Å². The van der Waals surface area contributed by atoms with E-state index in [-0.39, 0.29) is 29.0 Å². The van der Waals surface area contributed by atoms with Crippen LogP contribution in [0.15, 0.2) is 52.9 Å². The number of carbonyl (C=O) groups is 2. The van der Waals surface area contributed by atoms with E-state index in [2.05, 4.69) is 29.2 Å². The zero-order valence-corrected chi connectivity index (χ0v) is 22.1. The molecule has 0 saturated carbocycles. The second-order valence-corrected chi connectivity index (χ2v) is 11.3. The molecule has 1 fully saturated rings. The number of rotatable bonds is 7. The van der Waals surface area contributed by atoms with Gasteiger partial charge in [0.1, 0.15) is 0 Å². The van der Waals surface area contributed by atoms with Crippen LogP contribution in [0.3, 0.4) is 0 Å². The number of carbonyl (C=O) groups excluding carboxylic acids is 2. The first kappa shape index (κ1) is 25.3. The summed E-state index contributed by atoms with van der Waals surface area (Å²) < 4.78 is 4.38. The van der Waals surface area contributed by atoms with Gasteiger partial charge in [0.05, 0.1) is 17.9 Å². The lowest BCUT2D eigenvalue weighted by Crippen LogP contribution is -2.55. The first-order valence-electron chi connectivity index (χ1n) is 11.8. The second-order valence-electron chi connectivity index (χ2n) is 9.58. The van der Waals surface area contributed by atoms with Crippen molar-refractivity contribution in [1.82, 2.24) is 4.90 Å². The van der Waals surface area contributed by atoms with E-state index in [0.717, 1.165) is 41.6 Å². The number of hydrogen-bond donors (Lipinski definition) is 0. The zero-order valence-electron chi connectivity index (χ0n) is 19.8. The highest BCUT2D eigenvalue weighted by atomic mass is 35.5. The molecule has 1 amide bonds. The van der Waals surface area contributed by atoms with Crippen LogP contribution >= 0.6 is 35.1 Å². The summed E-state index contributed by atoms with van der Waals surface area (Å²) in [7, 11) is 0. The van der Waals surface area contributed by atoms with Gasteiger partial charge in [0.25, 0.3) is 0 Å². The molecule has 2 heterocycles. The van der Waals surface area contributed by atoms with Crippen molar-refractivity contribution in [2.75, 3.05) is 0 Å². The van der Waals surface area contributed by atoms with E-state index in [1.165, 1.54) is 0 Å². The van der Waals surface area contributed by atoms with Crippen molar-refractivity contribution in [3.8, 4) is 0 Å². The molecule has 0 N–H and O–H groups in total. The smallest absolute Gasteiger partial charge is 0.229 e. The van der Waals surface area contributed by atoms with Crippen molar-refractivity contribution in [2.24, 2.45) is 9.81 Å². The fourth-order valence-electron chi connectivity index (χ4n) is 5.52. The van der Waals surface area contributed by atoms with Crippen molar-refractivity contribution in [2.45, 2.75) is 70.9 Å². The molecular formula is C27H30Cl2N2O2S. The van der Waals surface area contributed by atoms with Crippen molar-refractivity contribution in [3.63, 3.8) is 0 Å². The average Bonchev–Trinajstić information content (AvgIpc) is 3.22. The summed E-state index contributed by atoms with van der Waals surface area (Å²) in [5.41, 5.74) is 2.33. The van der Waals surface area contributed by atoms with Crippen LogP contribution in [0.5, 0.6) is 0 Å². The molecule has 0 spiro atoms. The number of piperidine rings is 1. The van der Waals surface area contributed by atoms with E-state index in [1.54, 1.807) is 0 Å². The molecule has 1 saturated heterocycles. The Labute approximate surface area is 216 Å². The van der Waals surface area contributed by atoms with E-state index in [4.69, 9.17) is 23.2 Å². The van der Waals surface area contributed by atoms with Gasteiger partial charge in [-0.3, -0.25) is 9.59 Å². The lowest BCUT2D eigenvalue weighted by atomic mass is 9.66. The monoisotopic (exact) mass is 516 g/mol. The highest BCUT2D eigenvalue weighted by molar-refractivity contribution is 8.13. The van der Waals surface area contributed by atoms with Crippen LogP contribution < -0.4 is 0 Å². The molecule has 7 heteroatoms. The quantitative estimate of drug-likeness (QED) is 0.355. The fraction of sp³-hybridized carbons (Fsp3) is 0.444. The Kier molecular flexibility index (Phi) is 7.75. The van der Waals surface area contributed by atoms with Crippen LogP contribution in [-0.2, 0) is 9.59 Å². The number of likely N-dealkylation sites (tertiary alicyclic amines) is 1. The largest absolute Gasteiger partial charge is 0.332 e. The van der Waals surface area contributed by atoms with Gasteiger partial charge < -0.3 is 4.90 Å². The molecule has 0 aliphatic carbocycles. The lowest BCUT2D eigenvalue weighted by molar-refractivity contribution is -0.154. The van der Waals surface area contributed by atoms with Gasteiger partial charge in [0.2, 0.25) is 11.0 Å². The molecule has 0 radical (unpaired) electrons. The van der Waals surface area contributed by atoms with E-state index in [0.29, 0.717) is 29.3 Å². The van der Waals surface area contributed by atoms with Crippen LogP contribution in [0.1, 0.15) is 76.0 Å². The molecule has 2 aliphatic rings. The summed E-state index contributed by atoms with van der Waals surface area (Å²) in [6.07, 6.45) is 3.18. The molecule has 180 valence electrons. The summed E-state index contributed by atoms with van der Waals surface area (Å²) in [6, 6.07) is 15.8. The minimum absolute atomic E-state index is 0.0357. The first-order valence-corrected chi connectivity index (χ1v) is 13.4. The van der Waals surface area contributed by atoms with Crippen molar-refractivity contribution >= 4 is 51.9 Å². The van der Waals surface area contributed by atoms with Crippen molar-refractivity contribution in [1.29, 1.82) is 0 Å². The van der Waals surface area contributed by atoms with Gasteiger partial charge in [0.15, 0.2) is 0 Å². The van der Waals surface area contributed by atoms with Gasteiger partial charge in [0, 0.05) is 46.1 Å². The average molecular weight is 518 g/mol. The Bertz CT molecular complexity index is 1100. The molecule has 4 rings (SSSR count). The standard InChI is InChI=1S/C27H30Cl2N2O2S/c1-4-22(5-2)31-25(17-9-11-19(28)12-10-17)23(18-7-6-8-20(29)13-18)16-27(3,26(31)33)15-21-14-24(32)34-30-21/h6-13,22-23,25H,4-5,14-16H2,1-3H3/t23-,25-,27+/m1/s1. The SMILES string of the molecule is CCC(CC)N1C(=O)[C@@](C)(CC2=NSC(=O)C2)C[C@H](c2cccc(Cl)c2)[C@H]1c1ccc(Cl)cc1. The minimum Gasteiger partial charge on any atom is -0.332 e. The third-order valence-corrected chi connectivity index (χ3v) is 8.33. The van der Waals surface area contributed by atoms with E-state index < -0.39 is 5.41 Å². The number of benzene rings is 2. The molecule has 2 aliphatic heterocycles. The number of amides is 1. The van der Waals surface area contributed by atoms with E-state index >= 15 is 0 Å². The van der Waals surface area contributed by atoms with Gasteiger partial charge in [-0.15, -0.1) is 0 Å². The Morgan fingerprint density at radius 3 is 2.35 bits per heavy atom. The maximum Gasteiger partial charge on any atom is 0.229 e. The Hall–Kier alpha value is -1.82.